The van der Waals surface area contributed by atoms with Gasteiger partial charge in [0.25, 0.3) is 5.91 Å². The van der Waals surface area contributed by atoms with E-state index in [0.29, 0.717) is 35.7 Å². The van der Waals surface area contributed by atoms with Gasteiger partial charge in [-0.15, -0.1) is 0 Å². The van der Waals surface area contributed by atoms with Gasteiger partial charge in [0.2, 0.25) is 5.91 Å². The molecular weight excluding hydrogens is 328 g/mol. The molecular formula is C21H24N2O3. The molecule has 0 radical (unpaired) electrons. The molecule has 2 N–H and O–H groups in total. The molecule has 26 heavy (non-hydrogen) atoms. The smallest absolute Gasteiger partial charge is 0.255 e. The zero-order valence-corrected chi connectivity index (χ0v) is 15.4. The van der Waals surface area contributed by atoms with Gasteiger partial charge in [-0.2, -0.15) is 0 Å². The van der Waals surface area contributed by atoms with E-state index in [1.54, 1.807) is 43.3 Å². The second-order valence-corrected chi connectivity index (χ2v) is 6.16. The molecule has 5 heteroatoms. The predicted molar refractivity (Wildman–Crippen MR) is 105 cm³/mol. The van der Waals surface area contributed by atoms with E-state index < -0.39 is 0 Å². The molecule has 0 atom stereocenters. The van der Waals surface area contributed by atoms with E-state index in [0.717, 1.165) is 11.1 Å². The van der Waals surface area contributed by atoms with Crippen LogP contribution in [0.5, 0.6) is 5.75 Å². The molecule has 0 aromatic heterocycles. The average molecular weight is 352 g/mol. The van der Waals surface area contributed by atoms with Gasteiger partial charge in [0.05, 0.1) is 0 Å². The first kappa shape index (κ1) is 19.2. The number of ether oxygens (including phenoxy) is 1. The molecule has 0 saturated carbocycles. The maximum absolute atomic E-state index is 12.4. The van der Waals surface area contributed by atoms with Gasteiger partial charge in [0.1, 0.15) is 12.4 Å². The molecule has 0 fully saturated rings. The fourth-order valence-corrected chi connectivity index (χ4v) is 2.19. The number of hydrogen-bond donors (Lipinski definition) is 2. The highest BCUT2D eigenvalue weighted by atomic mass is 16.5. The third-order valence-corrected chi connectivity index (χ3v) is 3.69. The molecule has 0 aliphatic heterocycles. The second kappa shape index (κ2) is 8.85. The number of nitrogens with one attached hydrogen (secondary N) is 2. The van der Waals surface area contributed by atoms with Crippen LogP contribution in [0.2, 0.25) is 0 Å². The van der Waals surface area contributed by atoms with Gasteiger partial charge in [-0.05, 0) is 61.4 Å². The zero-order valence-electron chi connectivity index (χ0n) is 15.4. The number of benzene rings is 2. The molecule has 2 aromatic rings. The van der Waals surface area contributed by atoms with Crippen molar-refractivity contribution in [1.29, 1.82) is 0 Å². The Morgan fingerprint density at radius 2 is 1.77 bits per heavy atom. The highest BCUT2D eigenvalue weighted by molar-refractivity contribution is 6.04. The van der Waals surface area contributed by atoms with Crippen LogP contribution in [0.3, 0.4) is 0 Å². The SMILES string of the molecule is C=C(C)COc1ccc(C(=O)Nc2ccc(C)c(NC(=O)CC)c2)cc1. The molecule has 0 heterocycles. The molecule has 2 rings (SSSR count). The molecule has 5 nitrogen and oxygen atoms in total. The van der Waals surface area contributed by atoms with Crippen LogP contribution in [-0.2, 0) is 4.79 Å². The van der Waals surface area contributed by atoms with Gasteiger partial charge < -0.3 is 15.4 Å². The number of carbonyl (C=O) groups excluding carboxylic acids is 2. The Balaban J connectivity index is 2.06. The Morgan fingerprint density at radius 1 is 1.08 bits per heavy atom. The van der Waals surface area contributed by atoms with Gasteiger partial charge in [0, 0.05) is 23.4 Å². The summed E-state index contributed by atoms with van der Waals surface area (Å²) in [4.78, 5) is 24.0. The third kappa shape index (κ3) is 5.48. The Labute approximate surface area is 154 Å². The van der Waals surface area contributed by atoms with Gasteiger partial charge in [-0.25, -0.2) is 0 Å². The molecule has 0 unspecified atom stereocenters. The van der Waals surface area contributed by atoms with Crippen LogP contribution in [0.4, 0.5) is 11.4 Å². The lowest BCUT2D eigenvalue weighted by atomic mass is 10.1. The van der Waals surface area contributed by atoms with Crippen molar-refractivity contribution in [1.82, 2.24) is 0 Å². The van der Waals surface area contributed by atoms with E-state index in [1.165, 1.54) is 0 Å². The standard InChI is InChI=1S/C21H24N2O3/c1-5-20(24)23-19-12-17(9-6-15(19)4)22-21(25)16-7-10-18(11-8-16)26-13-14(2)3/h6-12H,2,5,13H2,1,3-4H3,(H,22,25)(H,23,24). The van der Waals surface area contributed by atoms with Crippen molar-refractivity contribution < 1.29 is 14.3 Å². The van der Waals surface area contributed by atoms with Crippen LogP contribution in [0.25, 0.3) is 0 Å². The normalized spacial score (nSPS) is 10.1. The van der Waals surface area contributed by atoms with E-state index in [2.05, 4.69) is 17.2 Å². The summed E-state index contributed by atoms with van der Waals surface area (Å²) in [5.41, 5.74) is 3.70. The summed E-state index contributed by atoms with van der Waals surface area (Å²) in [6.45, 7) is 9.81. The van der Waals surface area contributed by atoms with Gasteiger partial charge in [0.15, 0.2) is 0 Å². The lowest BCUT2D eigenvalue weighted by Crippen LogP contribution is -2.14. The largest absolute Gasteiger partial charge is 0.489 e. The summed E-state index contributed by atoms with van der Waals surface area (Å²) in [7, 11) is 0. The number of hydrogen-bond acceptors (Lipinski definition) is 3. The Kier molecular flexibility index (Phi) is 6.55. The minimum atomic E-state index is -0.229. The summed E-state index contributed by atoms with van der Waals surface area (Å²) in [6.07, 6.45) is 0.399. The first-order valence-electron chi connectivity index (χ1n) is 8.48. The van der Waals surface area contributed by atoms with Crippen molar-refractivity contribution in [3.8, 4) is 5.75 Å². The van der Waals surface area contributed by atoms with Crippen LogP contribution < -0.4 is 15.4 Å². The number of amides is 2. The van der Waals surface area contributed by atoms with E-state index in [4.69, 9.17) is 4.74 Å². The average Bonchev–Trinajstić information content (AvgIpc) is 2.63. The summed E-state index contributed by atoms with van der Waals surface area (Å²) < 4.78 is 5.53. The van der Waals surface area contributed by atoms with E-state index >= 15 is 0 Å². The lowest BCUT2D eigenvalue weighted by molar-refractivity contribution is -0.115. The monoisotopic (exact) mass is 352 g/mol. The topological polar surface area (TPSA) is 67.4 Å². The van der Waals surface area contributed by atoms with Crippen molar-refractivity contribution in [2.75, 3.05) is 17.2 Å². The quantitative estimate of drug-likeness (QED) is 0.718. The Hall–Kier alpha value is -3.08. The molecule has 136 valence electrons. The maximum Gasteiger partial charge on any atom is 0.255 e. The molecule has 2 aromatic carbocycles. The van der Waals surface area contributed by atoms with Crippen molar-refractivity contribution in [2.24, 2.45) is 0 Å². The van der Waals surface area contributed by atoms with Gasteiger partial charge in [-0.1, -0.05) is 19.6 Å². The van der Waals surface area contributed by atoms with Crippen molar-refractivity contribution >= 4 is 23.2 Å². The summed E-state index contributed by atoms with van der Waals surface area (Å²) in [6, 6.07) is 12.3. The minimum absolute atomic E-state index is 0.0677. The highest BCUT2D eigenvalue weighted by Gasteiger charge is 2.09. The second-order valence-electron chi connectivity index (χ2n) is 6.16. The zero-order chi connectivity index (χ0) is 19.1. The van der Waals surface area contributed by atoms with Crippen molar-refractivity contribution in [3.63, 3.8) is 0 Å². The van der Waals surface area contributed by atoms with Crippen LogP contribution in [-0.4, -0.2) is 18.4 Å². The molecule has 2 amide bonds. The number of rotatable bonds is 7. The van der Waals surface area contributed by atoms with Gasteiger partial charge >= 0.3 is 0 Å². The number of anilines is 2. The number of aryl methyl sites for hydroxylation is 1. The fourth-order valence-electron chi connectivity index (χ4n) is 2.19. The lowest BCUT2D eigenvalue weighted by Gasteiger charge is -2.11. The first-order chi connectivity index (χ1) is 12.4. The Bertz CT molecular complexity index is 811. The minimum Gasteiger partial charge on any atom is -0.489 e. The van der Waals surface area contributed by atoms with E-state index in [9.17, 15) is 9.59 Å². The highest BCUT2D eigenvalue weighted by Crippen LogP contribution is 2.21. The van der Waals surface area contributed by atoms with Crippen molar-refractivity contribution in [2.45, 2.75) is 27.2 Å². The van der Waals surface area contributed by atoms with Crippen LogP contribution in [0, 0.1) is 6.92 Å². The molecule has 0 aliphatic rings. The van der Waals surface area contributed by atoms with Crippen LogP contribution in [0.15, 0.2) is 54.6 Å². The van der Waals surface area contributed by atoms with E-state index in [1.807, 2.05) is 19.9 Å². The predicted octanol–water partition coefficient (Wildman–Crippen LogP) is 4.55. The third-order valence-electron chi connectivity index (χ3n) is 3.69. The van der Waals surface area contributed by atoms with Gasteiger partial charge in [-0.3, -0.25) is 9.59 Å². The summed E-state index contributed by atoms with van der Waals surface area (Å²) in [5.74, 6) is 0.388. The van der Waals surface area contributed by atoms with E-state index in [-0.39, 0.29) is 11.8 Å². The first-order valence-corrected chi connectivity index (χ1v) is 8.48. The Morgan fingerprint density at radius 3 is 2.38 bits per heavy atom. The fraction of sp³-hybridized carbons (Fsp3) is 0.238. The molecule has 0 spiro atoms. The van der Waals surface area contributed by atoms with Crippen LogP contribution in [0.1, 0.15) is 36.2 Å². The molecule has 0 aliphatic carbocycles. The summed E-state index contributed by atoms with van der Waals surface area (Å²) in [5, 5.41) is 5.67. The maximum atomic E-state index is 12.4. The summed E-state index contributed by atoms with van der Waals surface area (Å²) >= 11 is 0. The molecule has 0 bridgehead atoms. The molecule has 0 saturated heterocycles. The van der Waals surface area contributed by atoms with Crippen LogP contribution >= 0.6 is 0 Å². The number of carbonyl (C=O) groups is 2. The van der Waals surface area contributed by atoms with Crippen molar-refractivity contribution in [3.05, 3.63) is 65.7 Å².